The number of thiazole rings is 1. The number of nitrogens with zero attached hydrogens (tertiary/aromatic N) is 3. The number of fused-ring (bicyclic) bond motifs is 2. The molecule has 2 heterocycles. The number of benzene rings is 2. The molecule has 0 bridgehead atoms. The molecule has 8 heteroatoms. The molecule has 2 aromatic carbocycles. The van der Waals surface area contributed by atoms with Crippen molar-refractivity contribution >= 4 is 43.6 Å². The van der Waals surface area contributed by atoms with E-state index >= 15 is 0 Å². The molecule has 0 radical (unpaired) electrons. The first-order valence-corrected chi connectivity index (χ1v) is 11.1. The van der Waals surface area contributed by atoms with E-state index < -0.39 is 5.91 Å². The molecule has 31 heavy (non-hydrogen) atoms. The van der Waals surface area contributed by atoms with Crippen LogP contribution in [-0.4, -0.2) is 34.1 Å². The molecular weight excluding hydrogens is 412 g/mol. The van der Waals surface area contributed by atoms with Crippen LogP contribution < -0.4 is 14.8 Å². The number of amides is 1. The largest absolute Gasteiger partial charge is 0.494 e. The lowest BCUT2D eigenvalue weighted by Gasteiger charge is -2.11. The standard InChI is InChI=1S/C23H24N4O3S/c1-5-9-30-22-20(24-17-10-13(3)14(4)11-18(17)25-22)21(28)27-23-26-16-8-7-15(29-6-2)12-19(16)31-23/h7-8,10-12H,5-6,9H2,1-4H3,(H,26,27,28). The highest BCUT2D eigenvalue weighted by Crippen LogP contribution is 2.30. The molecule has 2 aromatic heterocycles. The van der Waals surface area contributed by atoms with Crippen molar-refractivity contribution in [3.63, 3.8) is 0 Å². The van der Waals surface area contributed by atoms with Gasteiger partial charge in [-0.3, -0.25) is 10.1 Å². The van der Waals surface area contributed by atoms with Crippen molar-refractivity contribution < 1.29 is 14.3 Å². The number of nitrogens with one attached hydrogen (secondary N) is 1. The average molecular weight is 437 g/mol. The molecule has 0 unspecified atom stereocenters. The second-order valence-electron chi connectivity index (χ2n) is 7.19. The summed E-state index contributed by atoms with van der Waals surface area (Å²) < 4.78 is 12.2. The van der Waals surface area contributed by atoms with Crippen LogP contribution in [0.2, 0.25) is 0 Å². The zero-order chi connectivity index (χ0) is 22.0. The van der Waals surface area contributed by atoms with Crippen LogP contribution in [0.1, 0.15) is 41.9 Å². The SMILES string of the molecule is CCCOc1nc2cc(C)c(C)cc2nc1C(=O)Nc1nc2ccc(OCC)cc2s1. The van der Waals surface area contributed by atoms with Crippen LogP contribution in [-0.2, 0) is 0 Å². The monoisotopic (exact) mass is 436 g/mol. The van der Waals surface area contributed by atoms with Gasteiger partial charge in [-0.05, 0) is 68.7 Å². The second kappa shape index (κ2) is 8.85. The van der Waals surface area contributed by atoms with Gasteiger partial charge in [-0.2, -0.15) is 0 Å². The zero-order valence-corrected chi connectivity index (χ0v) is 18.8. The topological polar surface area (TPSA) is 86.2 Å². The number of aromatic nitrogens is 3. The van der Waals surface area contributed by atoms with Gasteiger partial charge >= 0.3 is 0 Å². The Hall–Kier alpha value is -3.26. The number of rotatable bonds is 7. The summed E-state index contributed by atoms with van der Waals surface area (Å²) in [6, 6.07) is 9.56. The minimum atomic E-state index is -0.400. The number of carbonyl (C=O) groups is 1. The summed E-state index contributed by atoms with van der Waals surface area (Å²) >= 11 is 1.38. The first-order valence-electron chi connectivity index (χ1n) is 10.2. The summed E-state index contributed by atoms with van der Waals surface area (Å²) in [4.78, 5) is 26.7. The van der Waals surface area contributed by atoms with Gasteiger partial charge < -0.3 is 9.47 Å². The fraction of sp³-hybridized carbons (Fsp3) is 0.304. The van der Waals surface area contributed by atoms with Crippen molar-refractivity contribution in [3.8, 4) is 11.6 Å². The lowest BCUT2D eigenvalue weighted by atomic mass is 10.1. The van der Waals surface area contributed by atoms with Crippen molar-refractivity contribution in [2.75, 3.05) is 18.5 Å². The van der Waals surface area contributed by atoms with Crippen molar-refractivity contribution in [1.82, 2.24) is 15.0 Å². The van der Waals surface area contributed by atoms with Crippen LogP contribution in [0.15, 0.2) is 30.3 Å². The molecular formula is C23H24N4O3S. The predicted molar refractivity (Wildman–Crippen MR) is 124 cm³/mol. The summed E-state index contributed by atoms with van der Waals surface area (Å²) in [6.45, 7) is 9.01. The van der Waals surface area contributed by atoms with Crippen LogP contribution >= 0.6 is 11.3 Å². The fourth-order valence-electron chi connectivity index (χ4n) is 3.11. The first-order chi connectivity index (χ1) is 15.0. The Morgan fingerprint density at radius 1 is 0.968 bits per heavy atom. The Morgan fingerprint density at radius 3 is 2.42 bits per heavy atom. The zero-order valence-electron chi connectivity index (χ0n) is 18.0. The van der Waals surface area contributed by atoms with Crippen molar-refractivity contribution in [1.29, 1.82) is 0 Å². The van der Waals surface area contributed by atoms with Gasteiger partial charge in [-0.25, -0.2) is 15.0 Å². The molecule has 0 fully saturated rings. The Bertz CT molecular complexity index is 1270. The molecule has 7 nitrogen and oxygen atoms in total. The Kier molecular flexibility index (Phi) is 5.99. The van der Waals surface area contributed by atoms with Gasteiger partial charge in [-0.1, -0.05) is 18.3 Å². The number of ether oxygens (including phenoxy) is 2. The summed E-state index contributed by atoms with van der Waals surface area (Å²) in [5.41, 5.74) is 4.50. The normalized spacial score (nSPS) is 11.1. The van der Waals surface area contributed by atoms with E-state index in [9.17, 15) is 4.79 Å². The summed E-state index contributed by atoms with van der Waals surface area (Å²) in [5, 5.41) is 3.34. The molecule has 0 aliphatic heterocycles. The van der Waals surface area contributed by atoms with Gasteiger partial charge in [0.05, 0.1) is 34.5 Å². The van der Waals surface area contributed by atoms with Gasteiger partial charge in [0.2, 0.25) is 5.88 Å². The van der Waals surface area contributed by atoms with Gasteiger partial charge in [0.1, 0.15) is 5.75 Å². The quantitative estimate of drug-likeness (QED) is 0.423. The molecule has 0 aliphatic rings. The molecule has 0 spiro atoms. The molecule has 0 atom stereocenters. The van der Waals surface area contributed by atoms with E-state index in [0.29, 0.717) is 29.4 Å². The van der Waals surface area contributed by atoms with Crippen LogP contribution in [0.25, 0.3) is 21.3 Å². The van der Waals surface area contributed by atoms with E-state index in [1.54, 1.807) is 0 Å². The maximum Gasteiger partial charge on any atom is 0.281 e. The fourth-order valence-corrected chi connectivity index (χ4v) is 4.00. The smallest absolute Gasteiger partial charge is 0.281 e. The van der Waals surface area contributed by atoms with E-state index in [-0.39, 0.29) is 11.6 Å². The molecule has 1 N–H and O–H groups in total. The number of hydrogen-bond donors (Lipinski definition) is 1. The van der Waals surface area contributed by atoms with E-state index in [0.717, 1.165) is 33.5 Å². The maximum absolute atomic E-state index is 13.1. The van der Waals surface area contributed by atoms with Crippen LogP contribution in [0.3, 0.4) is 0 Å². The third kappa shape index (κ3) is 4.44. The number of aryl methyl sites for hydroxylation is 2. The lowest BCUT2D eigenvalue weighted by molar-refractivity contribution is 0.101. The van der Waals surface area contributed by atoms with E-state index in [1.807, 2.05) is 58.0 Å². The third-order valence-corrected chi connectivity index (χ3v) is 5.73. The second-order valence-corrected chi connectivity index (χ2v) is 8.22. The van der Waals surface area contributed by atoms with Crippen molar-refractivity contribution in [3.05, 3.63) is 47.2 Å². The molecule has 1 amide bonds. The summed E-state index contributed by atoms with van der Waals surface area (Å²) in [6.07, 6.45) is 0.799. The highest BCUT2D eigenvalue weighted by atomic mass is 32.1. The third-order valence-electron chi connectivity index (χ3n) is 4.80. The van der Waals surface area contributed by atoms with E-state index in [4.69, 9.17) is 9.47 Å². The Labute approximate surface area is 184 Å². The molecule has 4 rings (SSSR count). The Balaban J connectivity index is 1.68. The lowest BCUT2D eigenvalue weighted by Crippen LogP contribution is -2.17. The highest BCUT2D eigenvalue weighted by molar-refractivity contribution is 7.22. The molecule has 0 saturated heterocycles. The minimum absolute atomic E-state index is 0.151. The molecule has 0 saturated carbocycles. The van der Waals surface area contributed by atoms with Crippen LogP contribution in [0.5, 0.6) is 11.6 Å². The first kappa shape index (κ1) is 21.0. The molecule has 4 aromatic rings. The van der Waals surface area contributed by atoms with E-state index in [2.05, 4.69) is 20.3 Å². The van der Waals surface area contributed by atoms with Gasteiger partial charge in [0, 0.05) is 0 Å². The van der Waals surface area contributed by atoms with E-state index in [1.165, 1.54) is 11.3 Å². The van der Waals surface area contributed by atoms with Gasteiger partial charge in [-0.15, -0.1) is 0 Å². The van der Waals surface area contributed by atoms with Crippen molar-refractivity contribution in [2.24, 2.45) is 0 Å². The Morgan fingerprint density at radius 2 is 1.71 bits per heavy atom. The maximum atomic E-state index is 13.1. The average Bonchev–Trinajstić information content (AvgIpc) is 3.14. The van der Waals surface area contributed by atoms with Gasteiger partial charge in [0.25, 0.3) is 5.91 Å². The number of hydrogen-bond acceptors (Lipinski definition) is 7. The van der Waals surface area contributed by atoms with Crippen LogP contribution in [0.4, 0.5) is 5.13 Å². The molecule has 0 aliphatic carbocycles. The number of carbonyl (C=O) groups excluding carboxylic acids is 1. The summed E-state index contributed by atoms with van der Waals surface area (Å²) in [5.74, 6) is 0.607. The minimum Gasteiger partial charge on any atom is -0.494 e. The highest BCUT2D eigenvalue weighted by Gasteiger charge is 2.20. The van der Waals surface area contributed by atoms with Gasteiger partial charge in [0.15, 0.2) is 10.8 Å². The van der Waals surface area contributed by atoms with Crippen LogP contribution in [0, 0.1) is 13.8 Å². The molecule has 160 valence electrons. The predicted octanol–water partition coefficient (Wildman–Crippen LogP) is 5.30. The summed E-state index contributed by atoms with van der Waals surface area (Å²) in [7, 11) is 0. The number of anilines is 1. The van der Waals surface area contributed by atoms with Crippen molar-refractivity contribution in [2.45, 2.75) is 34.1 Å².